The van der Waals surface area contributed by atoms with Gasteiger partial charge in [0.25, 0.3) is 0 Å². The van der Waals surface area contributed by atoms with Crippen LogP contribution in [0.4, 0.5) is 0 Å². The first-order valence-corrected chi connectivity index (χ1v) is 5.01. The van der Waals surface area contributed by atoms with Gasteiger partial charge in [-0.2, -0.15) is 0 Å². The molecule has 0 radical (unpaired) electrons. The van der Waals surface area contributed by atoms with E-state index in [9.17, 15) is 4.79 Å². The van der Waals surface area contributed by atoms with Crippen molar-refractivity contribution in [2.75, 3.05) is 13.6 Å². The summed E-state index contributed by atoms with van der Waals surface area (Å²) < 4.78 is 0.739. The van der Waals surface area contributed by atoms with Crippen molar-refractivity contribution in [3.63, 3.8) is 0 Å². The molecule has 0 aromatic carbocycles. The van der Waals surface area contributed by atoms with E-state index in [0.717, 1.165) is 9.21 Å². The normalized spacial score (nSPS) is 10.1. The van der Waals surface area contributed by atoms with E-state index in [1.54, 1.807) is 11.9 Å². The summed E-state index contributed by atoms with van der Waals surface area (Å²) in [6.07, 6.45) is 0. The van der Waals surface area contributed by atoms with E-state index in [0.29, 0.717) is 6.54 Å². The molecule has 0 atom stereocenters. The van der Waals surface area contributed by atoms with Crippen LogP contribution in [0.5, 0.6) is 0 Å². The molecule has 0 aliphatic carbocycles. The SMILES string of the molecule is CN(Cc1ccc(Cl)s1)C(=O)CN. The van der Waals surface area contributed by atoms with Crippen LogP contribution in [0.3, 0.4) is 0 Å². The quantitative estimate of drug-likeness (QED) is 0.832. The zero-order valence-electron chi connectivity index (χ0n) is 7.29. The number of amides is 1. The minimum atomic E-state index is -0.0653. The van der Waals surface area contributed by atoms with Crippen molar-refractivity contribution in [3.8, 4) is 0 Å². The lowest BCUT2D eigenvalue weighted by Crippen LogP contribution is -2.31. The Labute approximate surface area is 86.1 Å². The fourth-order valence-electron chi connectivity index (χ4n) is 0.914. The molecule has 72 valence electrons. The molecule has 0 bridgehead atoms. The first-order valence-electron chi connectivity index (χ1n) is 3.81. The second kappa shape index (κ2) is 4.60. The summed E-state index contributed by atoms with van der Waals surface area (Å²) in [5.74, 6) is -0.0653. The number of nitrogens with two attached hydrogens (primary N) is 1. The lowest BCUT2D eigenvalue weighted by Gasteiger charge is -2.14. The lowest BCUT2D eigenvalue weighted by molar-refractivity contribution is -0.128. The summed E-state index contributed by atoms with van der Waals surface area (Å²) in [5, 5.41) is 0. The summed E-state index contributed by atoms with van der Waals surface area (Å²) in [4.78, 5) is 13.7. The van der Waals surface area contributed by atoms with Gasteiger partial charge in [-0.1, -0.05) is 11.6 Å². The maximum atomic E-state index is 11.1. The number of hydrogen-bond donors (Lipinski definition) is 1. The van der Waals surface area contributed by atoms with Gasteiger partial charge in [0.2, 0.25) is 5.91 Å². The van der Waals surface area contributed by atoms with Gasteiger partial charge in [-0.3, -0.25) is 4.79 Å². The molecule has 0 saturated carbocycles. The van der Waals surface area contributed by atoms with Gasteiger partial charge < -0.3 is 10.6 Å². The van der Waals surface area contributed by atoms with Gasteiger partial charge in [0.05, 0.1) is 17.4 Å². The van der Waals surface area contributed by atoms with Crippen LogP contribution >= 0.6 is 22.9 Å². The number of thiophene rings is 1. The zero-order valence-corrected chi connectivity index (χ0v) is 8.86. The van der Waals surface area contributed by atoms with E-state index in [4.69, 9.17) is 17.3 Å². The number of halogens is 1. The second-order valence-corrected chi connectivity index (χ2v) is 4.46. The van der Waals surface area contributed by atoms with Gasteiger partial charge in [0.15, 0.2) is 0 Å². The molecule has 1 rings (SSSR count). The van der Waals surface area contributed by atoms with Gasteiger partial charge in [-0.15, -0.1) is 11.3 Å². The molecule has 13 heavy (non-hydrogen) atoms. The summed E-state index contributed by atoms with van der Waals surface area (Å²) in [6, 6.07) is 3.73. The van der Waals surface area contributed by atoms with E-state index < -0.39 is 0 Å². The van der Waals surface area contributed by atoms with Crippen LogP contribution in [0.25, 0.3) is 0 Å². The van der Waals surface area contributed by atoms with Crippen molar-refractivity contribution < 1.29 is 4.79 Å². The number of hydrogen-bond acceptors (Lipinski definition) is 3. The minimum absolute atomic E-state index is 0.0512. The van der Waals surface area contributed by atoms with Crippen molar-refractivity contribution >= 4 is 28.8 Å². The van der Waals surface area contributed by atoms with Crippen LogP contribution < -0.4 is 5.73 Å². The molecule has 0 fully saturated rings. The second-order valence-electron chi connectivity index (χ2n) is 2.66. The van der Waals surface area contributed by atoms with E-state index in [1.807, 2.05) is 12.1 Å². The molecule has 2 N–H and O–H groups in total. The molecule has 5 heteroatoms. The van der Waals surface area contributed by atoms with Crippen LogP contribution in [0, 0.1) is 0 Å². The molecule has 1 aromatic rings. The predicted octanol–water partition coefficient (Wildman–Crippen LogP) is 1.32. The average Bonchev–Trinajstić information content (AvgIpc) is 2.49. The molecular weight excluding hydrogens is 208 g/mol. The fourth-order valence-corrected chi connectivity index (χ4v) is 2.06. The van der Waals surface area contributed by atoms with Crippen LogP contribution in [0.15, 0.2) is 12.1 Å². The molecular formula is C8H11ClN2OS. The van der Waals surface area contributed by atoms with Crippen molar-refractivity contribution in [2.24, 2.45) is 5.73 Å². The molecule has 0 aliphatic rings. The highest BCUT2D eigenvalue weighted by molar-refractivity contribution is 7.16. The minimum Gasteiger partial charge on any atom is -0.340 e. The van der Waals surface area contributed by atoms with Crippen molar-refractivity contribution in [1.29, 1.82) is 0 Å². The summed E-state index contributed by atoms with van der Waals surface area (Å²) in [7, 11) is 1.73. The number of nitrogens with zero attached hydrogens (tertiary/aromatic N) is 1. The summed E-state index contributed by atoms with van der Waals surface area (Å²) >= 11 is 7.22. The molecule has 0 aliphatic heterocycles. The van der Waals surface area contributed by atoms with Gasteiger partial charge in [0.1, 0.15) is 0 Å². The van der Waals surface area contributed by atoms with Crippen molar-refractivity contribution in [1.82, 2.24) is 4.90 Å². The van der Waals surface area contributed by atoms with Gasteiger partial charge in [-0.05, 0) is 12.1 Å². The molecule has 0 spiro atoms. The van der Waals surface area contributed by atoms with Gasteiger partial charge in [0, 0.05) is 11.9 Å². The largest absolute Gasteiger partial charge is 0.340 e. The average molecular weight is 219 g/mol. The first-order chi connectivity index (χ1) is 6.13. The van der Waals surface area contributed by atoms with Crippen LogP contribution in [-0.4, -0.2) is 24.4 Å². The molecule has 3 nitrogen and oxygen atoms in total. The molecule has 1 aromatic heterocycles. The fraction of sp³-hybridized carbons (Fsp3) is 0.375. The molecule has 0 unspecified atom stereocenters. The Morgan fingerprint density at radius 3 is 2.85 bits per heavy atom. The van der Waals surface area contributed by atoms with E-state index in [1.165, 1.54) is 11.3 Å². The predicted molar refractivity (Wildman–Crippen MR) is 54.9 cm³/mol. The highest BCUT2D eigenvalue weighted by Gasteiger charge is 2.07. The third-order valence-electron chi connectivity index (χ3n) is 1.62. The maximum absolute atomic E-state index is 11.1. The lowest BCUT2D eigenvalue weighted by atomic mass is 10.4. The third kappa shape index (κ3) is 2.99. The van der Waals surface area contributed by atoms with Gasteiger partial charge in [-0.25, -0.2) is 0 Å². The first kappa shape index (κ1) is 10.5. The zero-order chi connectivity index (χ0) is 9.84. The van der Waals surface area contributed by atoms with Crippen molar-refractivity contribution in [3.05, 3.63) is 21.3 Å². The summed E-state index contributed by atoms with van der Waals surface area (Å²) in [5.41, 5.74) is 5.22. The monoisotopic (exact) mass is 218 g/mol. The molecule has 1 amide bonds. The van der Waals surface area contributed by atoms with Crippen LogP contribution in [0.1, 0.15) is 4.88 Å². The van der Waals surface area contributed by atoms with E-state index >= 15 is 0 Å². The van der Waals surface area contributed by atoms with Gasteiger partial charge >= 0.3 is 0 Å². The highest BCUT2D eigenvalue weighted by Crippen LogP contribution is 2.22. The molecule has 1 heterocycles. The smallest absolute Gasteiger partial charge is 0.236 e. The van der Waals surface area contributed by atoms with Crippen LogP contribution in [0.2, 0.25) is 4.34 Å². The Kier molecular flexibility index (Phi) is 3.71. The number of likely N-dealkylation sites (N-methyl/N-ethyl adjacent to an activating group) is 1. The number of rotatable bonds is 3. The Bertz CT molecular complexity index is 300. The Morgan fingerprint density at radius 1 is 1.69 bits per heavy atom. The Morgan fingerprint density at radius 2 is 2.38 bits per heavy atom. The third-order valence-corrected chi connectivity index (χ3v) is 2.84. The van der Waals surface area contributed by atoms with Crippen molar-refractivity contribution in [2.45, 2.75) is 6.54 Å². The molecule has 0 saturated heterocycles. The Hall–Kier alpha value is -0.580. The van der Waals surface area contributed by atoms with E-state index in [-0.39, 0.29) is 12.5 Å². The number of carbonyl (C=O) groups excluding carboxylic acids is 1. The topological polar surface area (TPSA) is 46.3 Å². The highest BCUT2D eigenvalue weighted by atomic mass is 35.5. The Balaban J connectivity index is 2.54. The summed E-state index contributed by atoms with van der Waals surface area (Å²) in [6.45, 7) is 0.628. The standard InChI is InChI=1S/C8H11ClN2OS/c1-11(8(12)4-10)5-6-2-3-7(9)13-6/h2-3H,4-5,10H2,1H3. The van der Waals surface area contributed by atoms with E-state index in [2.05, 4.69) is 0 Å². The van der Waals surface area contributed by atoms with Crippen LogP contribution in [-0.2, 0) is 11.3 Å². The maximum Gasteiger partial charge on any atom is 0.236 e. The number of carbonyl (C=O) groups is 1.